The van der Waals surface area contributed by atoms with E-state index in [0.717, 1.165) is 6.42 Å². The third kappa shape index (κ3) is 9.17. The summed E-state index contributed by atoms with van der Waals surface area (Å²) >= 11 is 0. The molecule has 64 valence electrons. The fourth-order valence-electron chi connectivity index (χ4n) is 0.639. The van der Waals surface area contributed by atoms with E-state index in [4.69, 9.17) is 10.2 Å². The zero-order chi connectivity index (χ0) is 8.69. The SMILES string of the molecule is CC(O)CC/C=C/CC(=O)O. The van der Waals surface area contributed by atoms with Crippen molar-refractivity contribution in [3.05, 3.63) is 12.2 Å². The Kier molecular flexibility index (Phi) is 5.47. The van der Waals surface area contributed by atoms with Crippen LogP contribution >= 0.6 is 0 Å². The second-order valence-corrected chi connectivity index (χ2v) is 2.50. The topological polar surface area (TPSA) is 57.5 Å². The number of aliphatic carboxylic acids is 1. The number of allylic oxidation sites excluding steroid dienone is 1. The molecule has 0 aliphatic heterocycles. The van der Waals surface area contributed by atoms with Crippen LogP contribution in [-0.4, -0.2) is 22.3 Å². The highest BCUT2D eigenvalue weighted by molar-refractivity contribution is 5.68. The smallest absolute Gasteiger partial charge is 0.307 e. The normalized spacial score (nSPS) is 13.6. The molecule has 0 saturated heterocycles. The summed E-state index contributed by atoms with van der Waals surface area (Å²) in [5.74, 6) is -0.821. The highest BCUT2D eigenvalue weighted by atomic mass is 16.4. The fourth-order valence-corrected chi connectivity index (χ4v) is 0.639. The van der Waals surface area contributed by atoms with Crippen LogP contribution in [0.1, 0.15) is 26.2 Å². The quantitative estimate of drug-likeness (QED) is 0.590. The Bertz CT molecular complexity index is 138. The highest BCUT2D eigenvalue weighted by Crippen LogP contribution is 1.97. The molecule has 3 nitrogen and oxygen atoms in total. The maximum absolute atomic E-state index is 10.00. The molecule has 0 spiro atoms. The molecule has 0 aromatic carbocycles. The molecule has 0 heterocycles. The van der Waals surface area contributed by atoms with Crippen LogP contribution in [0.25, 0.3) is 0 Å². The van der Waals surface area contributed by atoms with Gasteiger partial charge in [0.1, 0.15) is 0 Å². The summed E-state index contributed by atoms with van der Waals surface area (Å²) in [6, 6.07) is 0. The molecule has 0 aliphatic rings. The van der Waals surface area contributed by atoms with Gasteiger partial charge in [-0.25, -0.2) is 0 Å². The van der Waals surface area contributed by atoms with E-state index in [1.165, 1.54) is 0 Å². The predicted molar refractivity (Wildman–Crippen MR) is 42.3 cm³/mol. The van der Waals surface area contributed by atoms with Crippen LogP contribution in [0.15, 0.2) is 12.2 Å². The first kappa shape index (κ1) is 10.2. The summed E-state index contributed by atoms with van der Waals surface area (Å²) < 4.78 is 0. The lowest BCUT2D eigenvalue weighted by molar-refractivity contribution is -0.136. The van der Waals surface area contributed by atoms with Crippen molar-refractivity contribution in [2.75, 3.05) is 0 Å². The maximum atomic E-state index is 10.00. The second kappa shape index (κ2) is 5.92. The number of aliphatic hydroxyl groups is 1. The summed E-state index contributed by atoms with van der Waals surface area (Å²) in [7, 11) is 0. The summed E-state index contributed by atoms with van der Waals surface area (Å²) in [5.41, 5.74) is 0. The summed E-state index contributed by atoms with van der Waals surface area (Å²) in [6.07, 6.45) is 4.58. The Labute approximate surface area is 66.4 Å². The summed E-state index contributed by atoms with van der Waals surface area (Å²) in [4.78, 5) is 10.00. The van der Waals surface area contributed by atoms with Gasteiger partial charge in [0.15, 0.2) is 0 Å². The Hall–Kier alpha value is -0.830. The Morgan fingerprint density at radius 1 is 1.55 bits per heavy atom. The van der Waals surface area contributed by atoms with Gasteiger partial charge in [-0.1, -0.05) is 12.2 Å². The van der Waals surface area contributed by atoms with Crippen molar-refractivity contribution in [3.63, 3.8) is 0 Å². The van der Waals surface area contributed by atoms with Crippen LogP contribution in [-0.2, 0) is 4.79 Å². The van der Waals surface area contributed by atoms with Crippen LogP contribution in [0.5, 0.6) is 0 Å². The van der Waals surface area contributed by atoms with Crippen LogP contribution < -0.4 is 0 Å². The molecular formula is C8H14O3. The number of carbonyl (C=O) groups is 1. The van der Waals surface area contributed by atoms with Gasteiger partial charge >= 0.3 is 5.97 Å². The van der Waals surface area contributed by atoms with Gasteiger partial charge in [-0.3, -0.25) is 4.79 Å². The van der Waals surface area contributed by atoms with Crippen LogP contribution in [0.2, 0.25) is 0 Å². The number of carboxylic acids is 1. The molecule has 0 aromatic heterocycles. The Morgan fingerprint density at radius 3 is 2.64 bits per heavy atom. The molecule has 1 atom stereocenters. The van der Waals surface area contributed by atoms with Crippen molar-refractivity contribution >= 4 is 5.97 Å². The molecule has 2 N–H and O–H groups in total. The minimum atomic E-state index is -0.821. The molecule has 0 rings (SSSR count). The molecule has 1 unspecified atom stereocenters. The van der Waals surface area contributed by atoms with E-state index in [-0.39, 0.29) is 12.5 Å². The van der Waals surface area contributed by atoms with E-state index in [1.54, 1.807) is 19.1 Å². The zero-order valence-corrected chi connectivity index (χ0v) is 6.66. The number of carboxylic acid groups (broad SMARTS) is 1. The van der Waals surface area contributed by atoms with E-state index in [2.05, 4.69) is 0 Å². The van der Waals surface area contributed by atoms with Gasteiger partial charge in [-0.15, -0.1) is 0 Å². The fraction of sp³-hybridized carbons (Fsp3) is 0.625. The lowest BCUT2D eigenvalue weighted by Gasteiger charge is -1.97. The summed E-state index contributed by atoms with van der Waals surface area (Å²) in [6.45, 7) is 1.71. The Morgan fingerprint density at radius 2 is 2.18 bits per heavy atom. The van der Waals surface area contributed by atoms with Gasteiger partial charge in [0.2, 0.25) is 0 Å². The number of hydrogen-bond acceptors (Lipinski definition) is 2. The minimum Gasteiger partial charge on any atom is -0.481 e. The average Bonchev–Trinajstić information content (AvgIpc) is 1.85. The molecular weight excluding hydrogens is 144 g/mol. The first-order chi connectivity index (χ1) is 5.13. The van der Waals surface area contributed by atoms with Crippen molar-refractivity contribution in [1.29, 1.82) is 0 Å². The molecule has 0 aliphatic carbocycles. The molecule has 0 radical (unpaired) electrons. The average molecular weight is 158 g/mol. The first-order valence-electron chi connectivity index (χ1n) is 3.67. The van der Waals surface area contributed by atoms with Crippen LogP contribution in [0, 0.1) is 0 Å². The lowest BCUT2D eigenvalue weighted by atomic mass is 10.2. The molecule has 0 bridgehead atoms. The van der Waals surface area contributed by atoms with Gasteiger partial charge in [0.05, 0.1) is 12.5 Å². The van der Waals surface area contributed by atoms with E-state index in [9.17, 15) is 4.79 Å². The van der Waals surface area contributed by atoms with Gasteiger partial charge in [-0.05, 0) is 19.8 Å². The minimum absolute atomic E-state index is 0.0693. The number of hydrogen-bond donors (Lipinski definition) is 2. The lowest BCUT2D eigenvalue weighted by Crippen LogP contribution is -1.97. The molecule has 3 heteroatoms. The molecule has 0 amide bonds. The molecule has 0 aromatic rings. The van der Waals surface area contributed by atoms with E-state index < -0.39 is 5.97 Å². The van der Waals surface area contributed by atoms with Crippen molar-refractivity contribution in [2.24, 2.45) is 0 Å². The highest BCUT2D eigenvalue weighted by Gasteiger charge is 1.92. The van der Waals surface area contributed by atoms with Crippen LogP contribution in [0.3, 0.4) is 0 Å². The van der Waals surface area contributed by atoms with Gasteiger partial charge in [0.25, 0.3) is 0 Å². The molecule has 0 fully saturated rings. The first-order valence-corrected chi connectivity index (χ1v) is 3.67. The largest absolute Gasteiger partial charge is 0.481 e. The van der Waals surface area contributed by atoms with Crippen molar-refractivity contribution < 1.29 is 15.0 Å². The van der Waals surface area contributed by atoms with Gasteiger partial charge < -0.3 is 10.2 Å². The van der Waals surface area contributed by atoms with Crippen molar-refractivity contribution in [1.82, 2.24) is 0 Å². The summed E-state index contributed by atoms with van der Waals surface area (Å²) in [5, 5.41) is 17.0. The monoisotopic (exact) mass is 158 g/mol. The molecule has 0 saturated carbocycles. The van der Waals surface area contributed by atoms with Crippen molar-refractivity contribution in [2.45, 2.75) is 32.3 Å². The van der Waals surface area contributed by atoms with E-state index in [0.29, 0.717) is 6.42 Å². The van der Waals surface area contributed by atoms with Crippen molar-refractivity contribution in [3.8, 4) is 0 Å². The van der Waals surface area contributed by atoms with Crippen LogP contribution in [0.4, 0.5) is 0 Å². The number of rotatable bonds is 5. The third-order valence-electron chi connectivity index (χ3n) is 1.21. The third-order valence-corrected chi connectivity index (χ3v) is 1.21. The Balaban J connectivity index is 3.23. The van der Waals surface area contributed by atoms with Gasteiger partial charge in [0, 0.05) is 0 Å². The van der Waals surface area contributed by atoms with Gasteiger partial charge in [-0.2, -0.15) is 0 Å². The maximum Gasteiger partial charge on any atom is 0.307 e. The zero-order valence-electron chi connectivity index (χ0n) is 6.66. The standard InChI is InChI=1S/C8H14O3/c1-7(9)5-3-2-4-6-8(10)11/h2,4,7,9H,3,5-6H2,1H3,(H,10,11)/b4-2+. The van der Waals surface area contributed by atoms with E-state index >= 15 is 0 Å². The molecule has 11 heavy (non-hydrogen) atoms. The second-order valence-electron chi connectivity index (χ2n) is 2.50. The van der Waals surface area contributed by atoms with E-state index in [1.807, 2.05) is 0 Å². The predicted octanol–water partition coefficient (Wildman–Crippen LogP) is 1.18. The number of aliphatic hydroxyl groups excluding tert-OH is 1.